The van der Waals surface area contributed by atoms with Crippen molar-refractivity contribution in [3.05, 3.63) is 38.7 Å². The molecule has 1 aromatic rings. The summed E-state index contributed by atoms with van der Waals surface area (Å²) < 4.78 is 0.201. The number of hydrogen-bond donors (Lipinski definition) is 2. The van der Waals surface area contributed by atoms with Gasteiger partial charge in [0.1, 0.15) is 16.9 Å². The molecule has 2 amide bonds. The Labute approximate surface area is 163 Å². The van der Waals surface area contributed by atoms with E-state index in [9.17, 15) is 14.4 Å². The SMILES string of the molecule is CC(C(=O)NCC(=O)O)N1C(=O)/C(=C/c2cccc(Cl)c2Cl)SC1=S. The standard InChI is InChI=1S/C15H12Cl2N2O4S2/c1-7(13(22)18-6-11(20)21)19-14(23)10(25-15(19)24)5-8-3-2-4-9(16)12(8)17/h2-5,7H,6H2,1H3,(H,18,22)(H,20,21)/b10-5-. The Hall–Kier alpha value is -1.61. The number of rotatable bonds is 5. The van der Waals surface area contributed by atoms with Gasteiger partial charge in [0, 0.05) is 0 Å². The quantitative estimate of drug-likeness (QED) is 0.564. The summed E-state index contributed by atoms with van der Waals surface area (Å²) in [6, 6.07) is 4.08. The molecule has 1 unspecified atom stereocenters. The van der Waals surface area contributed by atoms with Crippen LogP contribution in [0.3, 0.4) is 0 Å². The number of carboxylic acid groups (broad SMARTS) is 1. The van der Waals surface area contributed by atoms with E-state index in [0.29, 0.717) is 20.5 Å². The number of halogens is 2. The number of aliphatic carboxylic acids is 1. The van der Waals surface area contributed by atoms with Crippen LogP contribution >= 0.6 is 47.2 Å². The van der Waals surface area contributed by atoms with Crippen molar-refractivity contribution in [3.63, 3.8) is 0 Å². The number of nitrogens with zero attached hydrogens (tertiary/aromatic N) is 1. The van der Waals surface area contributed by atoms with Crippen LogP contribution in [-0.2, 0) is 14.4 Å². The number of nitrogens with one attached hydrogen (secondary N) is 1. The summed E-state index contributed by atoms with van der Waals surface area (Å²) in [6.45, 7) is 0.934. The Kier molecular flexibility index (Phi) is 6.45. The van der Waals surface area contributed by atoms with Crippen LogP contribution in [0, 0.1) is 0 Å². The maximum absolute atomic E-state index is 12.6. The second kappa shape index (κ2) is 8.18. The van der Waals surface area contributed by atoms with Crippen molar-refractivity contribution in [3.8, 4) is 0 Å². The molecule has 0 radical (unpaired) electrons. The van der Waals surface area contributed by atoms with Crippen LogP contribution in [0.15, 0.2) is 23.1 Å². The number of benzene rings is 1. The maximum Gasteiger partial charge on any atom is 0.322 e. The van der Waals surface area contributed by atoms with Crippen molar-refractivity contribution < 1.29 is 19.5 Å². The molecule has 2 rings (SSSR count). The first-order chi connectivity index (χ1) is 11.7. The van der Waals surface area contributed by atoms with Gasteiger partial charge in [0.2, 0.25) is 5.91 Å². The van der Waals surface area contributed by atoms with Crippen LogP contribution in [-0.4, -0.2) is 44.7 Å². The van der Waals surface area contributed by atoms with E-state index >= 15 is 0 Å². The molecule has 1 aromatic carbocycles. The largest absolute Gasteiger partial charge is 0.480 e. The fourth-order valence-electron chi connectivity index (χ4n) is 2.01. The molecule has 132 valence electrons. The molecule has 0 spiro atoms. The highest BCUT2D eigenvalue weighted by molar-refractivity contribution is 8.26. The molecular weight excluding hydrogens is 407 g/mol. The first-order valence-electron chi connectivity index (χ1n) is 6.93. The summed E-state index contributed by atoms with van der Waals surface area (Å²) in [5.74, 6) is -2.24. The third-order valence-corrected chi connectivity index (χ3v) is 5.44. The fraction of sp³-hybridized carbons (Fsp3) is 0.200. The van der Waals surface area contributed by atoms with Gasteiger partial charge in [-0.1, -0.05) is 59.3 Å². The summed E-state index contributed by atoms with van der Waals surface area (Å²) in [7, 11) is 0. The monoisotopic (exact) mass is 418 g/mol. The molecule has 0 aromatic heterocycles. The number of thiocarbonyl (C=S) groups is 1. The first kappa shape index (κ1) is 19.7. The van der Waals surface area contributed by atoms with Gasteiger partial charge in [-0.3, -0.25) is 19.3 Å². The number of thioether (sulfide) groups is 1. The van der Waals surface area contributed by atoms with Crippen LogP contribution in [0.25, 0.3) is 6.08 Å². The Morgan fingerprint density at radius 2 is 2.12 bits per heavy atom. The Morgan fingerprint density at radius 3 is 2.76 bits per heavy atom. The highest BCUT2D eigenvalue weighted by Crippen LogP contribution is 2.36. The summed E-state index contributed by atoms with van der Waals surface area (Å²) >= 11 is 18.3. The third kappa shape index (κ3) is 4.52. The van der Waals surface area contributed by atoms with E-state index in [1.165, 1.54) is 6.92 Å². The number of hydrogen-bond acceptors (Lipinski definition) is 5. The van der Waals surface area contributed by atoms with Crippen LogP contribution in [0.1, 0.15) is 12.5 Å². The normalized spacial score (nSPS) is 17.1. The van der Waals surface area contributed by atoms with E-state index in [0.717, 1.165) is 16.7 Å². The molecule has 2 N–H and O–H groups in total. The van der Waals surface area contributed by atoms with Crippen molar-refractivity contribution in [2.24, 2.45) is 0 Å². The van der Waals surface area contributed by atoms with E-state index in [4.69, 9.17) is 40.5 Å². The minimum absolute atomic E-state index is 0.201. The van der Waals surface area contributed by atoms with Gasteiger partial charge in [0.15, 0.2) is 0 Å². The first-order valence-corrected chi connectivity index (χ1v) is 8.91. The van der Waals surface area contributed by atoms with Gasteiger partial charge in [-0.05, 0) is 24.6 Å². The van der Waals surface area contributed by atoms with Gasteiger partial charge in [-0.25, -0.2) is 0 Å². The van der Waals surface area contributed by atoms with Gasteiger partial charge < -0.3 is 10.4 Å². The lowest BCUT2D eigenvalue weighted by molar-refractivity contribution is -0.139. The number of amides is 2. The fourth-order valence-corrected chi connectivity index (χ4v) is 3.79. The second-order valence-electron chi connectivity index (χ2n) is 4.98. The molecule has 0 aliphatic carbocycles. The zero-order valence-corrected chi connectivity index (χ0v) is 15.9. The zero-order chi connectivity index (χ0) is 18.7. The van der Waals surface area contributed by atoms with Crippen molar-refractivity contribution in [2.75, 3.05) is 6.54 Å². The summed E-state index contributed by atoms with van der Waals surface area (Å²) in [5.41, 5.74) is 0.553. The number of carbonyl (C=O) groups excluding carboxylic acids is 2. The van der Waals surface area contributed by atoms with Gasteiger partial charge in [-0.15, -0.1) is 0 Å². The lowest BCUT2D eigenvalue weighted by Gasteiger charge is -2.21. The van der Waals surface area contributed by atoms with Crippen molar-refractivity contribution in [2.45, 2.75) is 13.0 Å². The highest BCUT2D eigenvalue weighted by atomic mass is 35.5. The second-order valence-corrected chi connectivity index (χ2v) is 7.44. The van der Waals surface area contributed by atoms with Gasteiger partial charge in [0.05, 0.1) is 15.0 Å². The molecule has 1 fully saturated rings. The molecule has 1 aliphatic rings. The number of carboxylic acids is 1. The smallest absolute Gasteiger partial charge is 0.322 e. The van der Waals surface area contributed by atoms with Crippen LogP contribution in [0.2, 0.25) is 10.0 Å². The molecular formula is C15H12Cl2N2O4S2. The van der Waals surface area contributed by atoms with Gasteiger partial charge >= 0.3 is 5.97 Å². The van der Waals surface area contributed by atoms with Crippen LogP contribution in [0.4, 0.5) is 0 Å². The van der Waals surface area contributed by atoms with Crippen molar-refractivity contribution >= 4 is 75.4 Å². The van der Waals surface area contributed by atoms with E-state index in [1.54, 1.807) is 24.3 Å². The Bertz CT molecular complexity index is 798. The van der Waals surface area contributed by atoms with Gasteiger partial charge in [-0.2, -0.15) is 0 Å². The summed E-state index contributed by atoms with van der Waals surface area (Å²) in [5, 5.41) is 11.5. The average molecular weight is 419 g/mol. The van der Waals surface area contributed by atoms with Gasteiger partial charge in [0.25, 0.3) is 5.91 Å². The lowest BCUT2D eigenvalue weighted by atomic mass is 10.2. The van der Waals surface area contributed by atoms with Crippen molar-refractivity contribution in [1.82, 2.24) is 10.2 Å². The summed E-state index contributed by atoms with van der Waals surface area (Å²) in [6.07, 6.45) is 1.55. The Morgan fingerprint density at radius 1 is 1.44 bits per heavy atom. The predicted molar refractivity (Wildman–Crippen MR) is 102 cm³/mol. The van der Waals surface area contributed by atoms with Crippen LogP contribution < -0.4 is 5.32 Å². The van der Waals surface area contributed by atoms with E-state index < -0.39 is 30.4 Å². The van der Waals surface area contributed by atoms with Crippen LogP contribution in [0.5, 0.6) is 0 Å². The third-order valence-electron chi connectivity index (χ3n) is 3.27. The molecule has 1 atom stereocenters. The molecule has 25 heavy (non-hydrogen) atoms. The van der Waals surface area contributed by atoms with Crippen molar-refractivity contribution in [1.29, 1.82) is 0 Å². The Balaban J connectivity index is 2.22. The van der Waals surface area contributed by atoms with E-state index in [-0.39, 0.29) is 4.32 Å². The topological polar surface area (TPSA) is 86.7 Å². The molecule has 1 aliphatic heterocycles. The minimum Gasteiger partial charge on any atom is -0.480 e. The minimum atomic E-state index is -1.18. The van der Waals surface area contributed by atoms with E-state index in [1.807, 2.05) is 0 Å². The predicted octanol–water partition coefficient (Wildman–Crippen LogP) is 2.78. The molecule has 1 heterocycles. The average Bonchev–Trinajstić information content (AvgIpc) is 2.82. The van der Waals surface area contributed by atoms with E-state index in [2.05, 4.69) is 5.32 Å². The lowest BCUT2D eigenvalue weighted by Crippen LogP contribution is -2.48. The molecule has 10 heteroatoms. The highest BCUT2D eigenvalue weighted by Gasteiger charge is 2.38. The molecule has 1 saturated heterocycles. The number of carbonyl (C=O) groups is 3. The molecule has 0 saturated carbocycles. The summed E-state index contributed by atoms with van der Waals surface area (Å²) in [4.78, 5) is 36.5. The molecule has 0 bridgehead atoms. The zero-order valence-electron chi connectivity index (χ0n) is 12.8. The maximum atomic E-state index is 12.6. The molecule has 6 nitrogen and oxygen atoms in total.